The Morgan fingerprint density at radius 3 is 2.69 bits per heavy atom. The van der Waals surface area contributed by atoms with E-state index in [-0.39, 0.29) is 23.7 Å². The molecule has 5 nitrogen and oxygen atoms in total. The highest BCUT2D eigenvalue weighted by Crippen LogP contribution is 2.34. The van der Waals surface area contributed by atoms with Gasteiger partial charge in [-0.3, -0.25) is 14.6 Å². The van der Waals surface area contributed by atoms with Crippen molar-refractivity contribution in [2.45, 2.75) is 13.3 Å². The number of pyridine rings is 1. The molecule has 0 saturated carbocycles. The van der Waals surface area contributed by atoms with Crippen molar-refractivity contribution in [2.75, 3.05) is 26.7 Å². The maximum atomic E-state index is 13.4. The molecule has 1 aromatic carbocycles. The molecule has 0 unspecified atom stereocenters. The summed E-state index contributed by atoms with van der Waals surface area (Å²) >= 11 is 0. The summed E-state index contributed by atoms with van der Waals surface area (Å²) in [6.07, 6.45) is 2.71. The Bertz CT molecular complexity index is 850. The molecule has 4 rings (SSSR count). The van der Waals surface area contributed by atoms with Gasteiger partial charge in [-0.05, 0) is 36.5 Å². The maximum absolute atomic E-state index is 13.4. The molecule has 2 fully saturated rings. The van der Waals surface area contributed by atoms with Crippen LogP contribution in [0, 0.1) is 18.8 Å². The van der Waals surface area contributed by atoms with Gasteiger partial charge in [0, 0.05) is 32.9 Å². The first-order chi connectivity index (χ1) is 12.6. The topological polar surface area (TPSA) is 53.5 Å². The van der Waals surface area contributed by atoms with E-state index >= 15 is 0 Å². The number of piperidine rings is 1. The second-order valence-electron chi connectivity index (χ2n) is 7.31. The molecule has 2 aliphatic heterocycles. The van der Waals surface area contributed by atoms with Crippen LogP contribution in [0.1, 0.15) is 22.5 Å². The predicted molar refractivity (Wildman–Crippen MR) is 99.5 cm³/mol. The molecule has 26 heavy (non-hydrogen) atoms. The van der Waals surface area contributed by atoms with Crippen LogP contribution in [0.2, 0.25) is 0 Å². The third-order valence-corrected chi connectivity index (χ3v) is 5.70. The van der Waals surface area contributed by atoms with E-state index in [0.29, 0.717) is 18.7 Å². The molecular weight excluding hydrogens is 326 g/mol. The van der Waals surface area contributed by atoms with Crippen molar-refractivity contribution in [1.82, 2.24) is 14.8 Å². The van der Waals surface area contributed by atoms with E-state index in [2.05, 4.69) is 4.98 Å². The quantitative estimate of drug-likeness (QED) is 0.837. The lowest BCUT2D eigenvalue weighted by molar-refractivity contribution is -0.137. The summed E-state index contributed by atoms with van der Waals surface area (Å²) in [7, 11) is 1.85. The molecule has 0 bridgehead atoms. The van der Waals surface area contributed by atoms with Crippen molar-refractivity contribution in [3.05, 3.63) is 53.9 Å². The average Bonchev–Trinajstić information content (AvgIpc) is 3.10. The largest absolute Gasteiger partial charge is 0.345 e. The summed E-state index contributed by atoms with van der Waals surface area (Å²) in [5.74, 6) is 0.372. The molecule has 2 aliphatic rings. The molecule has 2 aromatic rings. The molecular formula is C21H23N3O2. The van der Waals surface area contributed by atoms with E-state index < -0.39 is 0 Å². The van der Waals surface area contributed by atoms with E-state index in [9.17, 15) is 9.59 Å². The maximum Gasteiger partial charge on any atom is 0.256 e. The lowest BCUT2D eigenvalue weighted by Gasteiger charge is -2.30. The van der Waals surface area contributed by atoms with Crippen molar-refractivity contribution in [1.29, 1.82) is 0 Å². The van der Waals surface area contributed by atoms with Gasteiger partial charge < -0.3 is 9.80 Å². The Balaban J connectivity index is 1.67. The zero-order chi connectivity index (χ0) is 18.3. The number of nitrogens with zero attached hydrogens (tertiary/aromatic N) is 3. The number of carbonyl (C=O) groups excluding carboxylic acids is 2. The highest BCUT2D eigenvalue weighted by molar-refractivity contribution is 6.02. The second-order valence-corrected chi connectivity index (χ2v) is 7.31. The minimum atomic E-state index is -0.0603. The van der Waals surface area contributed by atoms with E-state index in [0.717, 1.165) is 29.8 Å². The van der Waals surface area contributed by atoms with Gasteiger partial charge in [-0.1, -0.05) is 30.3 Å². The molecule has 2 atom stereocenters. The number of aryl methyl sites for hydroxylation is 1. The number of fused-ring (bicyclic) bond motifs is 1. The fraction of sp³-hybridized carbons (Fsp3) is 0.381. The van der Waals surface area contributed by atoms with Gasteiger partial charge in [0.2, 0.25) is 5.91 Å². The predicted octanol–water partition coefficient (Wildman–Crippen LogP) is 2.61. The second kappa shape index (κ2) is 6.56. The van der Waals surface area contributed by atoms with Crippen molar-refractivity contribution in [3.8, 4) is 11.1 Å². The number of likely N-dealkylation sites (tertiary alicyclic amines) is 2. The molecule has 0 N–H and O–H groups in total. The highest BCUT2D eigenvalue weighted by atomic mass is 16.2. The summed E-state index contributed by atoms with van der Waals surface area (Å²) in [6.45, 7) is 3.83. The van der Waals surface area contributed by atoms with Crippen LogP contribution in [-0.4, -0.2) is 53.3 Å². The van der Waals surface area contributed by atoms with Crippen LogP contribution >= 0.6 is 0 Å². The van der Waals surface area contributed by atoms with Gasteiger partial charge in [0.15, 0.2) is 0 Å². The molecule has 2 saturated heterocycles. The SMILES string of the molecule is Cc1nccc(-c2ccccc2)c1C(=O)N1C[C@H]2CCN(C)C(=O)[C@H]2C1. The molecule has 0 aliphatic carbocycles. The molecule has 2 amide bonds. The average molecular weight is 349 g/mol. The van der Waals surface area contributed by atoms with E-state index in [1.54, 1.807) is 11.1 Å². The van der Waals surface area contributed by atoms with Crippen molar-refractivity contribution < 1.29 is 9.59 Å². The lowest BCUT2D eigenvalue weighted by atomic mass is 9.88. The van der Waals surface area contributed by atoms with Gasteiger partial charge in [0.25, 0.3) is 5.91 Å². The van der Waals surface area contributed by atoms with Crippen molar-refractivity contribution >= 4 is 11.8 Å². The Kier molecular flexibility index (Phi) is 4.23. The summed E-state index contributed by atoms with van der Waals surface area (Å²) in [5.41, 5.74) is 3.29. The normalized spacial score (nSPS) is 22.5. The molecule has 0 radical (unpaired) electrons. The van der Waals surface area contributed by atoms with Crippen LogP contribution in [0.25, 0.3) is 11.1 Å². The Labute approximate surface area is 153 Å². The molecule has 1 aromatic heterocycles. The number of rotatable bonds is 2. The van der Waals surface area contributed by atoms with Crippen LogP contribution in [0.5, 0.6) is 0 Å². The fourth-order valence-electron chi connectivity index (χ4n) is 4.21. The van der Waals surface area contributed by atoms with E-state index in [4.69, 9.17) is 0 Å². The molecule has 3 heterocycles. The number of hydrogen-bond acceptors (Lipinski definition) is 3. The summed E-state index contributed by atoms with van der Waals surface area (Å²) in [5, 5.41) is 0. The first-order valence-corrected chi connectivity index (χ1v) is 9.11. The van der Waals surface area contributed by atoms with Gasteiger partial charge >= 0.3 is 0 Å². The van der Waals surface area contributed by atoms with Gasteiger partial charge in [-0.15, -0.1) is 0 Å². The first-order valence-electron chi connectivity index (χ1n) is 9.11. The summed E-state index contributed by atoms with van der Waals surface area (Å²) in [6, 6.07) is 11.8. The molecule has 5 heteroatoms. The van der Waals surface area contributed by atoms with Gasteiger partial charge in [-0.2, -0.15) is 0 Å². The molecule has 0 spiro atoms. The molecule has 134 valence electrons. The van der Waals surface area contributed by atoms with Crippen LogP contribution in [0.15, 0.2) is 42.6 Å². The first kappa shape index (κ1) is 16.8. The monoisotopic (exact) mass is 349 g/mol. The van der Waals surface area contributed by atoms with Gasteiger partial charge in [0.1, 0.15) is 0 Å². The standard InChI is InChI=1S/C21H23N3O2/c1-14-19(17(8-10-22-14)15-6-4-3-5-7-15)21(26)24-12-16-9-11-23(2)20(25)18(16)13-24/h3-8,10,16,18H,9,11-13H2,1-2H3/t16-,18+/m1/s1. The number of aromatic nitrogens is 1. The summed E-state index contributed by atoms with van der Waals surface area (Å²) < 4.78 is 0. The smallest absolute Gasteiger partial charge is 0.256 e. The highest BCUT2D eigenvalue weighted by Gasteiger charge is 2.43. The van der Waals surface area contributed by atoms with E-state index in [1.807, 2.05) is 55.3 Å². The van der Waals surface area contributed by atoms with Crippen LogP contribution in [0.4, 0.5) is 0 Å². The van der Waals surface area contributed by atoms with Gasteiger partial charge in [-0.25, -0.2) is 0 Å². The third-order valence-electron chi connectivity index (χ3n) is 5.70. The van der Waals surface area contributed by atoms with E-state index in [1.165, 1.54) is 0 Å². The lowest BCUT2D eigenvalue weighted by Crippen LogP contribution is -2.42. The van der Waals surface area contributed by atoms with Crippen molar-refractivity contribution in [2.24, 2.45) is 11.8 Å². The number of hydrogen-bond donors (Lipinski definition) is 0. The zero-order valence-electron chi connectivity index (χ0n) is 15.2. The summed E-state index contributed by atoms with van der Waals surface area (Å²) in [4.78, 5) is 33.8. The number of carbonyl (C=O) groups is 2. The Hall–Kier alpha value is -2.69. The fourth-order valence-corrected chi connectivity index (χ4v) is 4.21. The number of amides is 2. The van der Waals surface area contributed by atoms with Crippen molar-refractivity contribution in [3.63, 3.8) is 0 Å². The minimum Gasteiger partial charge on any atom is -0.345 e. The number of benzene rings is 1. The van der Waals surface area contributed by atoms with Crippen LogP contribution < -0.4 is 0 Å². The van der Waals surface area contributed by atoms with Crippen LogP contribution in [-0.2, 0) is 4.79 Å². The Morgan fingerprint density at radius 2 is 1.92 bits per heavy atom. The Morgan fingerprint density at radius 1 is 1.15 bits per heavy atom. The minimum absolute atomic E-state index is 0.0145. The third kappa shape index (κ3) is 2.77. The zero-order valence-corrected chi connectivity index (χ0v) is 15.2. The van der Waals surface area contributed by atoms with Gasteiger partial charge in [0.05, 0.1) is 17.2 Å². The van der Waals surface area contributed by atoms with Crippen LogP contribution in [0.3, 0.4) is 0 Å².